The second-order valence-electron chi connectivity index (χ2n) is 3.96. The SMILES string of the molecule is O=[P+](Oc1ccc(CF)cc1)Oc1ccc(CF)cc1. The third-order valence-electron chi connectivity index (χ3n) is 2.52. The number of alkyl halides is 2. The molecular formula is C14H12F2O3P+. The van der Waals surface area contributed by atoms with Gasteiger partial charge in [-0.2, -0.15) is 0 Å². The molecule has 20 heavy (non-hydrogen) atoms. The second kappa shape index (κ2) is 6.96. The summed E-state index contributed by atoms with van der Waals surface area (Å²) >= 11 is 0. The Morgan fingerprint density at radius 3 is 1.40 bits per heavy atom. The average Bonchev–Trinajstić information content (AvgIpc) is 2.49. The van der Waals surface area contributed by atoms with Crippen LogP contribution in [-0.4, -0.2) is 0 Å². The Morgan fingerprint density at radius 2 is 1.10 bits per heavy atom. The van der Waals surface area contributed by atoms with E-state index >= 15 is 0 Å². The van der Waals surface area contributed by atoms with Crippen molar-refractivity contribution in [3.05, 3.63) is 59.7 Å². The van der Waals surface area contributed by atoms with Gasteiger partial charge in [-0.1, -0.05) is 24.3 Å². The zero-order valence-electron chi connectivity index (χ0n) is 10.5. The molecule has 0 bridgehead atoms. The first kappa shape index (κ1) is 14.4. The standard InChI is InChI=1S/C14H12F2O3P/c15-9-11-1-5-13(6-2-11)18-20(17)19-14-7-3-12(10-16)4-8-14/h1-8H,9-10H2/q+1. The van der Waals surface area contributed by atoms with Crippen LogP contribution in [0.3, 0.4) is 0 Å². The van der Waals surface area contributed by atoms with Gasteiger partial charge >= 0.3 is 8.25 Å². The van der Waals surface area contributed by atoms with Crippen LogP contribution in [0.15, 0.2) is 48.5 Å². The maximum atomic E-state index is 12.3. The molecule has 0 radical (unpaired) electrons. The van der Waals surface area contributed by atoms with Gasteiger partial charge in [0.25, 0.3) is 0 Å². The molecule has 0 aliphatic rings. The summed E-state index contributed by atoms with van der Waals surface area (Å²) < 4.78 is 46.4. The van der Waals surface area contributed by atoms with Gasteiger partial charge in [0.15, 0.2) is 11.5 Å². The highest BCUT2D eigenvalue weighted by molar-refractivity contribution is 7.34. The van der Waals surface area contributed by atoms with Crippen molar-refractivity contribution in [2.75, 3.05) is 0 Å². The molecule has 0 N–H and O–H groups in total. The van der Waals surface area contributed by atoms with E-state index in [1.165, 1.54) is 48.5 Å². The van der Waals surface area contributed by atoms with Crippen molar-refractivity contribution in [1.82, 2.24) is 0 Å². The summed E-state index contributed by atoms with van der Waals surface area (Å²) in [5.41, 5.74) is 1.02. The van der Waals surface area contributed by atoms with Crippen molar-refractivity contribution in [1.29, 1.82) is 0 Å². The minimum Gasteiger partial charge on any atom is -0.246 e. The Labute approximate surface area is 116 Å². The van der Waals surface area contributed by atoms with Gasteiger partial charge < -0.3 is 0 Å². The van der Waals surface area contributed by atoms with E-state index in [1.807, 2.05) is 0 Å². The van der Waals surface area contributed by atoms with Crippen LogP contribution in [-0.2, 0) is 17.9 Å². The number of hydrogen-bond acceptors (Lipinski definition) is 3. The van der Waals surface area contributed by atoms with Gasteiger partial charge in [-0.25, -0.2) is 17.8 Å². The molecule has 2 aromatic rings. The smallest absolute Gasteiger partial charge is 0.246 e. The van der Waals surface area contributed by atoms with Crippen molar-refractivity contribution in [2.45, 2.75) is 13.3 Å². The van der Waals surface area contributed by atoms with Gasteiger partial charge in [0, 0.05) is 4.57 Å². The van der Waals surface area contributed by atoms with Gasteiger partial charge in [-0.3, -0.25) is 0 Å². The Morgan fingerprint density at radius 1 is 0.750 bits per heavy atom. The molecule has 0 saturated heterocycles. The van der Waals surface area contributed by atoms with E-state index in [-0.39, 0.29) is 0 Å². The normalized spacial score (nSPS) is 10.1. The summed E-state index contributed by atoms with van der Waals surface area (Å²) in [7, 11) is -2.40. The lowest BCUT2D eigenvalue weighted by molar-refractivity contribution is 0.415. The fourth-order valence-electron chi connectivity index (χ4n) is 1.47. The molecule has 0 aromatic heterocycles. The van der Waals surface area contributed by atoms with Gasteiger partial charge in [-0.05, 0) is 35.4 Å². The summed E-state index contributed by atoms with van der Waals surface area (Å²) in [5.74, 6) is 0.646. The minimum atomic E-state index is -2.40. The lowest BCUT2D eigenvalue weighted by atomic mass is 10.2. The maximum absolute atomic E-state index is 12.3. The van der Waals surface area contributed by atoms with E-state index < -0.39 is 21.6 Å². The van der Waals surface area contributed by atoms with Crippen LogP contribution < -0.4 is 9.05 Å². The topological polar surface area (TPSA) is 35.5 Å². The van der Waals surface area contributed by atoms with Crippen LogP contribution in [0.4, 0.5) is 8.78 Å². The molecule has 0 saturated carbocycles. The highest BCUT2D eigenvalue weighted by atomic mass is 31.1. The number of benzene rings is 2. The minimum absolute atomic E-state index is 0.323. The molecule has 0 fully saturated rings. The third kappa shape index (κ3) is 4.00. The zero-order valence-corrected chi connectivity index (χ0v) is 11.4. The summed E-state index contributed by atoms with van der Waals surface area (Å²) in [6.07, 6.45) is 0. The maximum Gasteiger partial charge on any atom is 0.805 e. The molecular weight excluding hydrogens is 285 g/mol. The van der Waals surface area contributed by atoms with Crippen molar-refractivity contribution in [3.63, 3.8) is 0 Å². The van der Waals surface area contributed by atoms with E-state index in [0.717, 1.165) is 0 Å². The van der Waals surface area contributed by atoms with Crippen molar-refractivity contribution in [2.24, 2.45) is 0 Å². The molecule has 2 rings (SSSR count). The molecule has 3 nitrogen and oxygen atoms in total. The van der Waals surface area contributed by atoms with Crippen molar-refractivity contribution in [3.8, 4) is 11.5 Å². The van der Waals surface area contributed by atoms with Crippen molar-refractivity contribution < 1.29 is 22.4 Å². The van der Waals surface area contributed by atoms with Crippen LogP contribution in [0.1, 0.15) is 11.1 Å². The van der Waals surface area contributed by atoms with E-state index in [0.29, 0.717) is 22.6 Å². The summed E-state index contributed by atoms with van der Waals surface area (Å²) in [5, 5.41) is 0. The Bertz CT molecular complexity index is 518. The number of halogens is 2. The zero-order chi connectivity index (χ0) is 14.4. The highest BCUT2D eigenvalue weighted by Gasteiger charge is 2.23. The Kier molecular flexibility index (Phi) is 5.02. The lowest BCUT2D eigenvalue weighted by Crippen LogP contribution is -1.89. The van der Waals surface area contributed by atoms with E-state index in [9.17, 15) is 13.3 Å². The number of hydrogen-bond donors (Lipinski definition) is 0. The predicted octanol–water partition coefficient (Wildman–Crippen LogP) is 4.74. The molecule has 0 spiro atoms. The third-order valence-corrected chi connectivity index (χ3v) is 3.23. The molecule has 0 aliphatic carbocycles. The van der Waals surface area contributed by atoms with Gasteiger partial charge in [-0.15, -0.1) is 0 Å². The molecule has 0 aliphatic heterocycles. The molecule has 0 unspecified atom stereocenters. The highest BCUT2D eigenvalue weighted by Crippen LogP contribution is 2.30. The van der Waals surface area contributed by atoms with Crippen LogP contribution in [0.25, 0.3) is 0 Å². The molecule has 0 heterocycles. The van der Waals surface area contributed by atoms with Crippen LogP contribution in [0.2, 0.25) is 0 Å². The van der Waals surface area contributed by atoms with Gasteiger partial charge in [0.2, 0.25) is 0 Å². The molecule has 2 aromatic carbocycles. The predicted molar refractivity (Wildman–Crippen MR) is 71.4 cm³/mol. The van der Waals surface area contributed by atoms with Gasteiger partial charge in [0.1, 0.15) is 13.3 Å². The fourth-order valence-corrected chi connectivity index (χ4v) is 2.09. The largest absolute Gasteiger partial charge is 0.805 e. The Balaban J connectivity index is 1.93. The van der Waals surface area contributed by atoms with E-state index in [1.54, 1.807) is 0 Å². The molecule has 104 valence electrons. The second-order valence-corrected chi connectivity index (χ2v) is 4.77. The molecule has 0 atom stereocenters. The molecule has 0 amide bonds. The summed E-state index contributed by atoms with van der Waals surface area (Å²) in [4.78, 5) is 0. The fraction of sp³-hybridized carbons (Fsp3) is 0.143. The number of rotatable bonds is 6. The van der Waals surface area contributed by atoms with Crippen LogP contribution in [0, 0.1) is 0 Å². The summed E-state index contributed by atoms with van der Waals surface area (Å²) in [6, 6.07) is 12.2. The quantitative estimate of drug-likeness (QED) is 0.722. The van der Waals surface area contributed by atoms with Gasteiger partial charge in [0.05, 0.1) is 0 Å². The lowest BCUT2D eigenvalue weighted by Gasteiger charge is -1.97. The van der Waals surface area contributed by atoms with E-state index in [4.69, 9.17) is 9.05 Å². The Hall–Kier alpha value is -2.00. The first-order chi connectivity index (χ1) is 9.71. The van der Waals surface area contributed by atoms with Crippen molar-refractivity contribution >= 4 is 8.25 Å². The van der Waals surface area contributed by atoms with E-state index in [2.05, 4.69) is 0 Å². The molecule has 6 heteroatoms. The average molecular weight is 297 g/mol. The monoisotopic (exact) mass is 297 g/mol. The first-order valence-corrected chi connectivity index (χ1v) is 6.94. The first-order valence-electron chi connectivity index (χ1n) is 5.84. The summed E-state index contributed by atoms with van der Waals surface area (Å²) in [6.45, 7) is -1.13. The van der Waals surface area contributed by atoms with Crippen LogP contribution in [0.5, 0.6) is 11.5 Å². The van der Waals surface area contributed by atoms with Crippen LogP contribution >= 0.6 is 8.25 Å².